The fourth-order valence-corrected chi connectivity index (χ4v) is 3.88. The average molecular weight is 406 g/mol. The molecule has 2 aliphatic heterocycles. The highest BCUT2D eigenvalue weighted by molar-refractivity contribution is 6.07. The van der Waals surface area contributed by atoms with Crippen LogP contribution in [0.3, 0.4) is 0 Å². The van der Waals surface area contributed by atoms with E-state index < -0.39 is 23.1 Å². The number of amides is 3. The van der Waals surface area contributed by atoms with Crippen LogP contribution in [0.2, 0.25) is 0 Å². The molecule has 8 heteroatoms. The van der Waals surface area contributed by atoms with Crippen LogP contribution in [-0.2, 0) is 16.9 Å². The van der Waals surface area contributed by atoms with Gasteiger partial charge in [0, 0.05) is 11.5 Å². The van der Waals surface area contributed by atoms with Crippen molar-refractivity contribution in [2.45, 2.75) is 25.9 Å². The molecular weight excluding hydrogens is 388 g/mol. The number of fused-ring (bicyclic) bond motifs is 2. The normalized spacial score (nSPS) is 20.1. The summed E-state index contributed by atoms with van der Waals surface area (Å²) < 4.78 is 16.0. The number of nitrogens with one attached hydrogen (secondary N) is 1. The Bertz CT molecular complexity index is 1280. The first kappa shape index (κ1) is 18.2. The Morgan fingerprint density at radius 3 is 2.67 bits per heavy atom. The Kier molecular flexibility index (Phi) is 3.86. The van der Waals surface area contributed by atoms with Crippen molar-refractivity contribution in [2.75, 3.05) is 6.79 Å². The van der Waals surface area contributed by atoms with E-state index in [1.54, 1.807) is 31.2 Å². The first-order valence-corrected chi connectivity index (χ1v) is 9.43. The zero-order valence-electron chi connectivity index (χ0n) is 16.4. The van der Waals surface area contributed by atoms with Crippen molar-refractivity contribution in [3.63, 3.8) is 0 Å². The Morgan fingerprint density at radius 2 is 1.83 bits per heavy atom. The zero-order valence-corrected chi connectivity index (χ0v) is 16.4. The van der Waals surface area contributed by atoms with Gasteiger partial charge < -0.3 is 19.2 Å². The van der Waals surface area contributed by atoms with Crippen LogP contribution in [0.1, 0.15) is 23.6 Å². The monoisotopic (exact) mass is 406 g/mol. The van der Waals surface area contributed by atoms with E-state index >= 15 is 0 Å². The van der Waals surface area contributed by atoms with Crippen molar-refractivity contribution in [3.8, 4) is 11.5 Å². The van der Waals surface area contributed by atoms with E-state index in [9.17, 15) is 14.4 Å². The summed E-state index contributed by atoms with van der Waals surface area (Å²) in [6.45, 7) is 3.60. The van der Waals surface area contributed by atoms with Gasteiger partial charge in [0.15, 0.2) is 11.5 Å². The summed E-state index contributed by atoms with van der Waals surface area (Å²) >= 11 is 0. The van der Waals surface area contributed by atoms with Crippen LogP contribution in [0.15, 0.2) is 51.7 Å². The van der Waals surface area contributed by atoms with Crippen LogP contribution < -0.4 is 20.4 Å². The number of rotatable bonds is 3. The molecule has 2 aliphatic rings. The van der Waals surface area contributed by atoms with E-state index in [4.69, 9.17) is 13.9 Å². The van der Waals surface area contributed by atoms with Gasteiger partial charge in [-0.15, -0.1) is 0 Å². The van der Waals surface area contributed by atoms with Gasteiger partial charge in [-0.25, -0.2) is 9.59 Å². The molecule has 0 spiro atoms. The fourth-order valence-electron chi connectivity index (χ4n) is 3.88. The fraction of sp³-hybridized carbons (Fsp3) is 0.227. The summed E-state index contributed by atoms with van der Waals surface area (Å²) in [6, 6.07) is 11.4. The molecule has 1 N–H and O–H groups in total. The Labute approximate surface area is 171 Å². The van der Waals surface area contributed by atoms with Crippen molar-refractivity contribution in [1.82, 2.24) is 10.2 Å². The lowest BCUT2D eigenvalue weighted by molar-refractivity contribution is -0.131. The van der Waals surface area contributed by atoms with E-state index in [1.807, 2.05) is 19.1 Å². The molecule has 1 saturated heterocycles. The number of aryl methyl sites for hydroxylation is 1. The van der Waals surface area contributed by atoms with Gasteiger partial charge >= 0.3 is 11.7 Å². The second-order valence-electron chi connectivity index (χ2n) is 7.60. The topological polar surface area (TPSA) is 98.1 Å². The summed E-state index contributed by atoms with van der Waals surface area (Å²) in [7, 11) is 0. The Balaban J connectivity index is 1.51. The number of benzene rings is 2. The molecule has 0 aliphatic carbocycles. The molecular formula is C22H18N2O6. The summed E-state index contributed by atoms with van der Waals surface area (Å²) in [4.78, 5) is 39.1. The molecule has 0 radical (unpaired) electrons. The molecule has 8 nitrogen and oxygen atoms in total. The lowest BCUT2D eigenvalue weighted by Gasteiger charge is -2.22. The van der Waals surface area contributed by atoms with E-state index in [-0.39, 0.29) is 13.3 Å². The Morgan fingerprint density at radius 1 is 1.03 bits per heavy atom. The molecule has 3 aromatic rings. The van der Waals surface area contributed by atoms with Crippen LogP contribution in [0.25, 0.3) is 11.0 Å². The van der Waals surface area contributed by atoms with Crippen LogP contribution in [0.5, 0.6) is 11.5 Å². The number of ether oxygens (including phenoxy) is 2. The number of carbonyl (C=O) groups excluding carboxylic acids is 2. The van der Waals surface area contributed by atoms with Crippen LogP contribution in [0, 0.1) is 6.92 Å². The minimum atomic E-state index is -1.26. The third-order valence-corrected chi connectivity index (χ3v) is 5.54. The van der Waals surface area contributed by atoms with E-state index in [0.717, 1.165) is 10.5 Å². The predicted molar refractivity (Wildman–Crippen MR) is 106 cm³/mol. The zero-order chi connectivity index (χ0) is 21.0. The van der Waals surface area contributed by atoms with Crippen molar-refractivity contribution in [2.24, 2.45) is 0 Å². The highest BCUT2D eigenvalue weighted by atomic mass is 16.7. The molecule has 0 saturated carbocycles. The van der Waals surface area contributed by atoms with Gasteiger partial charge in [-0.1, -0.05) is 18.2 Å². The molecule has 1 unspecified atom stereocenters. The molecule has 30 heavy (non-hydrogen) atoms. The first-order chi connectivity index (χ1) is 14.3. The highest BCUT2D eigenvalue weighted by Crippen LogP contribution is 2.38. The van der Waals surface area contributed by atoms with Crippen LogP contribution >= 0.6 is 0 Å². The van der Waals surface area contributed by atoms with Crippen LogP contribution in [0.4, 0.5) is 4.79 Å². The standard InChI is InChI=1S/C22H18N2O6/c1-12-3-5-15-13(8-19(25)30-17(15)7-12)10-24-20(26)22(2,23-21(24)27)14-4-6-16-18(9-14)29-11-28-16/h3-9H,10-11H2,1-2H3,(H,23,27). The molecule has 1 fully saturated rings. The SMILES string of the molecule is Cc1ccc2c(CN3C(=O)NC(C)(c4ccc5c(c4)OCO5)C3=O)cc(=O)oc2c1. The van der Waals surface area contributed by atoms with Gasteiger partial charge in [-0.05, 0) is 48.7 Å². The number of carbonyl (C=O) groups is 2. The second-order valence-corrected chi connectivity index (χ2v) is 7.60. The second kappa shape index (κ2) is 6.35. The average Bonchev–Trinajstić information content (AvgIpc) is 3.25. The smallest absolute Gasteiger partial charge is 0.336 e. The molecule has 152 valence electrons. The van der Waals surface area contributed by atoms with Gasteiger partial charge in [0.2, 0.25) is 6.79 Å². The lowest BCUT2D eigenvalue weighted by atomic mass is 9.91. The number of hydrogen-bond acceptors (Lipinski definition) is 6. The third kappa shape index (κ3) is 2.72. The molecule has 3 amide bonds. The molecule has 1 aromatic heterocycles. The summed E-state index contributed by atoms with van der Waals surface area (Å²) in [5.41, 5.74) is 0.689. The van der Waals surface area contributed by atoms with Crippen molar-refractivity contribution < 1.29 is 23.5 Å². The van der Waals surface area contributed by atoms with Gasteiger partial charge in [0.05, 0.1) is 6.54 Å². The quantitative estimate of drug-likeness (QED) is 0.531. The minimum absolute atomic E-state index is 0.0457. The third-order valence-electron chi connectivity index (χ3n) is 5.54. The molecule has 2 aromatic carbocycles. The number of imide groups is 1. The molecule has 5 rings (SSSR count). The van der Waals surface area contributed by atoms with Gasteiger partial charge in [-0.3, -0.25) is 9.69 Å². The Hall–Kier alpha value is -3.81. The summed E-state index contributed by atoms with van der Waals surface area (Å²) in [5.74, 6) is 0.699. The van der Waals surface area contributed by atoms with Gasteiger partial charge in [-0.2, -0.15) is 0 Å². The van der Waals surface area contributed by atoms with E-state index in [1.165, 1.54) is 6.07 Å². The van der Waals surface area contributed by atoms with E-state index in [2.05, 4.69) is 5.32 Å². The molecule has 0 bridgehead atoms. The predicted octanol–water partition coefficient (Wildman–Crippen LogP) is 2.80. The largest absolute Gasteiger partial charge is 0.454 e. The number of hydrogen-bond donors (Lipinski definition) is 1. The summed E-state index contributed by atoms with van der Waals surface area (Å²) in [5, 5.41) is 3.45. The van der Waals surface area contributed by atoms with E-state index in [0.29, 0.717) is 33.6 Å². The van der Waals surface area contributed by atoms with Gasteiger partial charge in [0.1, 0.15) is 11.1 Å². The number of nitrogens with zero attached hydrogens (tertiary/aromatic N) is 1. The maximum Gasteiger partial charge on any atom is 0.336 e. The van der Waals surface area contributed by atoms with Crippen LogP contribution in [-0.4, -0.2) is 23.6 Å². The van der Waals surface area contributed by atoms with Gasteiger partial charge in [0.25, 0.3) is 5.91 Å². The lowest BCUT2D eigenvalue weighted by Crippen LogP contribution is -2.40. The molecule has 1 atom stereocenters. The van der Waals surface area contributed by atoms with Crippen molar-refractivity contribution in [1.29, 1.82) is 0 Å². The summed E-state index contributed by atoms with van der Waals surface area (Å²) in [6.07, 6.45) is 0. The maximum absolute atomic E-state index is 13.3. The maximum atomic E-state index is 13.3. The minimum Gasteiger partial charge on any atom is -0.454 e. The van der Waals surface area contributed by atoms with Crippen molar-refractivity contribution >= 4 is 22.9 Å². The van der Waals surface area contributed by atoms with Crippen molar-refractivity contribution in [3.05, 3.63) is 69.6 Å². The number of urea groups is 1. The molecule has 3 heterocycles. The first-order valence-electron chi connectivity index (χ1n) is 9.43. The highest BCUT2D eigenvalue weighted by Gasteiger charge is 2.49.